The van der Waals surface area contributed by atoms with E-state index in [9.17, 15) is 0 Å². The lowest BCUT2D eigenvalue weighted by Crippen LogP contribution is -1.70. The van der Waals surface area contributed by atoms with Gasteiger partial charge in [-0.2, -0.15) is 0 Å². The maximum atomic E-state index is 5.78. The van der Waals surface area contributed by atoms with Crippen LogP contribution in [0, 0.1) is 0 Å². The Morgan fingerprint density at radius 1 is 1.46 bits per heavy atom. The molecule has 0 amide bonds. The Kier molecular flexibility index (Phi) is 2.58. The van der Waals surface area contributed by atoms with Crippen molar-refractivity contribution in [3.63, 3.8) is 0 Å². The van der Waals surface area contributed by atoms with E-state index in [0.717, 1.165) is 9.21 Å². The summed E-state index contributed by atoms with van der Waals surface area (Å²) < 4.78 is 6.08. The van der Waals surface area contributed by atoms with Crippen LogP contribution >= 0.6 is 34.5 Å². The van der Waals surface area contributed by atoms with Crippen LogP contribution in [0.1, 0.15) is 5.89 Å². The molecule has 0 fully saturated rings. The van der Waals surface area contributed by atoms with Crippen LogP contribution in [0.15, 0.2) is 22.7 Å². The SMILES string of the molecule is ClCc1ncc(-c2ccc(Cl)s2)o1. The van der Waals surface area contributed by atoms with Crippen molar-refractivity contribution in [3.8, 4) is 10.6 Å². The molecule has 0 bridgehead atoms. The van der Waals surface area contributed by atoms with Gasteiger partial charge in [0.05, 0.1) is 21.3 Å². The van der Waals surface area contributed by atoms with E-state index >= 15 is 0 Å². The summed E-state index contributed by atoms with van der Waals surface area (Å²) in [5.41, 5.74) is 0. The second-order valence-electron chi connectivity index (χ2n) is 2.36. The summed E-state index contributed by atoms with van der Waals surface area (Å²) in [4.78, 5) is 4.95. The lowest BCUT2D eigenvalue weighted by Gasteiger charge is -1.86. The Balaban J connectivity index is 2.35. The Labute approximate surface area is 89.1 Å². The maximum absolute atomic E-state index is 5.78. The Hall–Kier alpha value is -0.510. The van der Waals surface area contributed by atoms with Gasteiger partial charge in [-0.25, -0.2) is 4.98 Å². The second-order valence-corrected chi connectivity index (χ2v) is 4.34. The van der Waals surface area contributed by atoms with Crippen molar-refractivity contribution in [3.05, 3.63) is 28.6 Å². The third-order valence-corrected chi connectivity index (χ3v) is 2.96. The summed E-state index contributed by atoms with van der Waals surface area (Å²) in [6.07, 6.45) is 1.65. The van der Waals surface area contributed by atoms with E-state index in [2.05, 4.69) is 4.98 Å². The second kappa shape index (κ2) is 3.70. The van der Waals surface area contributed by atoms with Gasteiger partial charge >= 0.3 is 0 Å². The molecule has 68 valence electrons. The van der Waals surface area contributed by atoms with Gasteiger partial charge in [0.1, 0.15) is 0 Å². The van der Waals surface area contributed by atoms with Crippen molar-refractivity contribution >= 4 is 34.5 Å². The molecule has 2 heterocycles. The van der Waals surface area contributed by atoms with Crippen LogP contribution in [-0.4, -0.2) is 4.98 Å². The molecule has 2 nitrogen and oxygen atoms in total. The number of hydrogen-bond donors (Lipinski definition) is 0. The average molecular weight is 234 g/mol. The third kappa shape index (κ3) is 1.88. The number of nitrogens with zero attached hydrogens (tertiary/aromatic N) is 1. The fourth-order valence-electron chi connectivity index (χ4n) is 0.933. The number of halogens is 2. The Bertz CT molecular complexity index is 410. The molecular weight excluding hydrogens is 229 g/mol. The quantitative estimate of drug-likeness (QED) is 0.738. The summed E-state index contributed by atoms with van der Waals surface area (Å²) in [6, 6.07) is 3.72. The number of alkyl halides is 1. The average Bonchev–Trinajstić information content (AvgIpc) is 2.71. The topological polar surface area (TPSA) is 26.0 Å². The van der Waals surface area contributed by atoms with Crippen LogP contribution in [0.5, 0.6) is 0 Å². The van der Waals surface area contributed by atoms with E-state index in [4.69, 9.17) is 27.6 Å². The molecule has 0 aliphatic carbocycles. The van der Waals surface area contributed by atoms with Gasteiger partial charge in [0.2, 0.25) is 5.89 Å². The Morgan fingerprint density at radius 2 is 2.31 bits per heavy atom. The first-order valence-electron chi connectivity index (χ1n) is 3.56. The first-order chi connectivity index (χ1) is 6.29. The molecule has 0 atom stereocenters. The molecule has 2 aromatic rings. The minimum absolute atomic E-state index is 0.291. The minimum Gasteiger partial charge on any atom is -0.439 e. The molecule has 5 heteroatoms. The van der Waals surface area contributed by atoms with E-state index in [0.29, 0.717) is 17.5 Å². The fourth-order valence-corrected chi connectivity index (χ4v) is 2.05. The van der Waals surface area contributed by atoms with Gasteiger partial charge in [0.15, 0.2) is 5.76 Å². The highest BCUT2D eigenvalue weighted by Crippen LogP contribution is 2.31. The van der Waals surface area contributed by atoms with E-state index in [-0.39, 0.29) is 0 Å². The summed E-state index contributed by atoms with van der Waals surface area (Å²) in [5, 5.41) is 0. The van der Waals surface area contributed by atoms with Crippen LogP contribution < -0.4 is 0 Å². The molecule has 0 N–H and O–H groups in total. The normalized spacial score (nSPS) is 10.6. The van der Waals surface area contributed by atoms with Crippen LogP contribution in [0.3, 0.4) is 0 Å². The molecule has 0 spiro atoms. The van der Waals surface area contributed by atoms with Gasteiger partial charge in [0.25, 0.3) is 0 Å². The lowest BCUT2D eigenvalue weighted by atomic mass is 10.4. The Morgan fingerprint density at radius 3 is 2.85 bits per heavy atom. The van der Waals surface area contributed by atoms with Crippen molar-refractivity contribution in [2.75, 3.05) is 0 Å². The first kappa shape index (κ1) is 9.06. The lowest BCUT2D eigenvalue weighted by molar-refractivity contribution is 0.530. The summed E-state index contributed by atoms with van der Waals surface area (Å²) in [6.45, 7) is 0. The zero-order valence-electron chi connectivity index (χ0n) is 6.46. The molecule has 2 aromatic heterocycles. The van der Waals surface area contributed by atoms with Gasteiger partial charge in [0, 0.05) is 0 Å². The zero-order chi connectivity index (χ0) is 9.26. The highest BCUT2D eigenvalue weighted by molar-refractivity contribution is 7.19. The molecular formula is C8H5Cl2NOS. The molecule has 0 unspecified atom stereocenters. The largest absolute Gasteiger partial charge is 0.439 e. The zero-order valence-corrected chi connectivity index (χ0v) is 8.79. The monoisotopic (exact) mass is 233 g/mol. The van der Waals surface area contributed by atoms with Crippen molar-refractivity contribution in [2.45, 2.75) is 5.88 Å². The minimum atomic E-state index is 0.291. The molecule has 0 saturated carbocycles. The van der Waals surface area contributed by atoms with Crippen molar-refractivity contribution in [1.29, 1.82) is 0 Å². The highest BCUT2D eigenvalue weighted by Gasteiger charge is 2.07. The fraction of sp³-hybridized carbons (Fsp3) is 0.125. The predicted molar refractivity (Wildman–Crippen MR) is 54.4 cm³/mol. The molecule has 2 rings (SSSR count). The number of hydrogen-bond acceptors (Lipinski definition) is 3. The standard InChI is InChI=1S/C8H5Cl2NOS/c9-3-8-11-4-5(12-8)6-1-2-7(10)13-6/h1-2,4H,3H2. The van der Waals surface area contributed by atoms with Gasteiger partial charge in [-0.1, -0.05) is 11.6 Å². The molecule has 13 heavy (non-hydrogen) atoms. The smallest absolute Gasteiger partial charge is 0.209 e. The van der Waals surface area contributed by atoms with E-state index in [1.54, 1.807) is 6.20 Å². The first-order valence-corrected chi connectivity index (χ1v) is 5.29. The molecule has 0 aliphatic heterocycles. The molecule has 0 radical (unpaired) electrons. The molecule has 0 saturated heterocycles. The van der Waals surface area contributed by atoms with Crippen LogP contribution in [-0.2, 0) is 5.88 Å². The summed E-state index contributed by atoms with van der Waals surface area (Å²) in [5.74, 6) is 1.53. The number of oxazole rings is 1. The summed E-state index contributed by atoms with van der Waals surface area (Å²) in [7, 11) is 0. The maximum Gasteiger partial charge on any atom is 0.209 e. The van der Waals surface area contributed by atoms with Gasteiger partial charge in [-0.05, 0) is 12.1 Å². The highest BCUT2D eigenvalue weighted by atomic mass is 35.5. The van der Waals surface area contributed by atoms with E-state index < -0.39 is 0 Å². The predicted octanol–water partition coefficient (Wildman–Crippen LogP) is 3.80. The van der Waals surface area contributed by atoms with Crippen LogP contribution in [0.4, 0.5) is 0 Å². The van der Waals surface area contributed by atoms with Gasteiger partial charge < -0.3 is 4.42 Å². The van der Waals surface area contributed by atoms with Gasteiger partial charge in [-0.15, -0.1) is 22.9 Å². The van der Waals surface area contributed by atoms with Crippen molar-refractivity contribution < 1.29 is 4.42 Å². The van der Waals surface area contributed by atoms with E-state index in [1.165, 1.54) is 11.3 Å². The number of thiophene rings is 1. The van der Waals surface area contributed by atoms with Crippen LogP contribution in [0.25, 0.3) is 10.6 Å². The van der Waals surface area contributed by atoms with Crippen molar-refractivity contribution in [1.82, 2.24) is 4.98 Å². The van der Waals surface area contributed by atoms with E-state index in [1.807, 2.05) is 12.1 Å². The third-order valence-electron chi connectivity index (χ3n) is 1.48. The van der Waals surface area contributed by atoms with Crippen LogP contribution in [0.2, 0.25) is 4.34 Å². The van der Waals surface area contributed by atoms with Gasteiger partial charge in [-0.3, -0.25) is 0 Å². The summed E-state index contributed by atoms with van der Waals surface area (Å²) >= 11 is 12.8. The number of rotatable bonds is 2. The number of aromatic nitrogens is 1. The molecule has 0 aromatic carbocycles. The molecule has 0 aliphatic rings. The van der Waals surface area contributed by atoms with Crippen molar-refractivity contribution in [2.24, 2.45) is 0 Å².